The van der Waals surface area contributed by atoms with Crippen LogP contribution in [0.25, 0.3) is 0 Å². The molecule has 33 heavy (non-hydrogen) atoms. The molecule has 1 saturated heterocycles. The SMILES string of the molecule is O=C1CCc2cccc(c2)Oc2cccc3c2OC[C@]2(CN1)CN(C(=O)c1cscn1)C[C@H]32. The van der Waals surface area contributed by atoms with Gasteiger partial charge in [0, 0.05) is 48.3 Å². The molecule has 1 aromatic heterocycles. The molecule has 4 aliphatic rings. The van der Waals surface area contributed by atoms with Gasteiger partial charge in [-0.2, -0.15) is 0 Å². The van der Waals surface area contributed by atoms with Crippen molar-refractivity contribution >= 4 is 23.2 Å². The molecule has 7 rings (SSSR count). The van der Waals surface area contributed by atoms with E-state index in [1.165, 1.54) is 11.3 Å². The van der Waals surface area contributed by atoms with Crippen LogP contribution in [0.2, 0.25) is 0 Å². The Balaban J connectivity index is 1.42. The fourth-order valence-corrected chi connectivity index (χ4v) is 5.70. The zero-order valence-electron chi connectivity index (χ0n) is 18.0. The largest absolute Gasteiger partial charge is 0.489 e. The number of rotatable bonds is 1. The molecule has 1 N–H and O–H groups in total. The van der Waals surface area contributed by atoms with E-state index in [4.69, 9.17) is 9.47 Å². The van der Waals surface area contributed by atoms with Gasteiger partial charge in [0.15, 0.2) is 11.5 Å². The number of aryl methyl sites for hydroxylation is 1. The highest BCUT2D eigenvalue weighted by molar-refractivity contribution is 7.07. The molecular formula is C25H23N3O4S. The summed E-state index contributed by atoms with van der Waals surface area (Å²) in [6, 6.07) is 13.7. The minimum atomic E-state index is -0.411. The highest BCUT2D eigenvalue weighted by Crippen LogP contribution is 2.52. The van der Waals surface area contributed by atoms with E-state index in [1.807, 2.05) is 47.4 Å². The summed E-state index contributed by atoms with van der Waals surface area (Å²) >= 11 is 1.41. The van der Waals surface area contributed by atoms with Crippen molar-refractivity contribution in [2.45, 2.75) is 18.8 Å². The van der Waals surface area contributed by atoms with Gasteiger partial charge in [-0.1, -0.05) is 24.3 Å². The van der Waals surface area contributed by atoms with Gasteiger partial charge in [-0.3, -0.25) is 9.59 Å². The number of nitrogens with one attached hydrogen (secondary N) is 1. The summed E-state index contributed by atoms with van der Waals surface area (Å²) in [7, 11) is 0. The molecule has 5 heterocycles. The molecule has 1 fully saturated rings. The lowest BCUT2D eigenvalue weighted by Gasteiger charge is -2.39. The Morgan fingerprint density at radius 1 is 1.21 bits per heavy atom. The summed E-state index contributed by atoms with van der Waals surface area (Å²) < 4.78 is 12.6. The Bertz CT molecular complexity index is 1230. The van der Waals surface area contributed by atoms with E-state index in [0.29, 0.717) is 56.3 Å². The zero-order valence-corrected chi connectivity index (χ0v) is 18.8. The van der Waals surface area contributed by atoms with E-state index < -0.39 is 5.41 Å². The van der Waals surface area contributed by atoms with Crippen LogP contribution in [0.15, 0.2) is 53.4 Å². The van der Waals surface area contributed by atoms with Crippen LogP contribution >= 0.6 is 11.3 Å². The quantitative estimate of drug-likeness (QED) is 0.599. The lowest BCUT2D eigenvalue weighted by molar-refractivity contribution is -0.121. The van der Waals surface area contributed by atoms with Crippen LogP contribution in [0.3, 0.4) is 0 Å². The highest BCUT2D eigenvalue weighted by atomic mass is 32.1. The molecule has 1 spiro atoms. The Morgan fingerprint density at radius 2 is 2.12 bits per heavy atom. The van der Waals surface area contributed by atoms with Crippen LogP contribution in [0.1, 0.15) is 34.0 Å². The monoisotopic (exact) mass is 461 g/mol. The van der Waals surface area contributed by atoms with Crippen molar-refractivity contribution in [3.63, 3.8) is 0 Å². The number of ether oxygens (including phenoxy) is 2. The Morgan fingerprint density at radius 3 is 3.00 bits per heavy atom. The molecule has 0 saturated carbocycles. The summed E-state index contributed by atoms with van der Waals surface area (Å²) in [5.74, 6) is 2.03. The van der Waals surface area contributed by atoms with Crippen molar-refractivity contribution in [3.8, 4) is 17.2 Å². The van der Waals surface area contributed by atoms with E-state index in [9.17, 15) is 9.59 Å². The molecule has 0 unspecified atom stereocenters. The fourth-order valence-electron chi connectivity index (χ4n) is 5.18. The number of aromatic nitrogens is 1. The zero-order chi connectivity index (χ0) is 22.4. The van der Waals surface area contributed by atoms with Crippen LogP contribution in [0.4, 0.5) is 0 Å². The number of carbonyl (C=O) groups excluding carboxylic acids is 2. The highest BCUT2D eigenvalue weighted by Gasteiger charge is 2.53. The number of hydrogen-bond donors (Lipinski definition) is 1. The lowest BCUT2D eigenvalue weighted by Crippen LogP contribution is -2.48. The molecule has 6 bridgehead atoms. The molecule has 0 aliphatic carbocycles. The Hall–Kier alpha value is -3.39. The number of nitrogens with zero attached hydrogens (tertiary/aromatic N) is 2. The number of likely N-dealkylation sites (tertiary alicyclic amines) is 1. The maximum atomic E-state index is 13.1. The second-order valence-corrected chi connectivity index (χ2v) is 9.68. The van der Waals surface area contributed by atoms with Gasteiger partial charge in [0.1, 0.15) is 11.4 Å². The third kappa shape index (κ3) is 3.54. The van der Waals surface area contributed by atoms with E-state index in [0.717, 1.165) is 16.9 Å². The molecule has 3 aromatic rings. The third-order valence-electron chi connectivity index (χ3n) is 6.88. The van der Waals surface area contributed by atoms with Crippen LogP contribution < -0.4 is 14.8 Å². The predicted octanol–water partition coefficient (Wildman–Crippen LogP) is 3.62. The van der Waals surface area contributed by atoms with Crippen molar-refractivity contribution in [2.24, 2.45) is 5.41 Å². The van der Waals surface area contributed by atoms with E-state index in [2.05, 4.69) is 10.3 Å². The second kappa shape index (κ2) is 7.88. The van der Waals surface area contributed by atoms with E-state index in [1.54, 1.807) is 10.9 Å². The first-order valence-electron chi connectivity index (χ1n) is 11.1. The number of thiazole rings is 1. The maximum Gasteiger partial charge on any atom is 0.273 e. The third-order valence-corrected chi connectivity index (χ3v) is 7.47. The molecule has 7 nitrogen and oxygen atoms in total. The minimum Gasteiger partial charge on any atom is -0.489 e. The normalized spacial score (nSPS) is 23.7. The van der Waals surface area contributed by atoms with Gasteiger partial charge in [0.05, 0.1) is 12.1 Å². The van der Waals surface area contributed by atoms with E-state index >= 15 is 0 Å². The molecule has 0 radical (unpaired) electrons. The fraction of sp³-hybridized carbons (Fsp3) is 0.320. The lowest BCUT2D eigenvalue weighted by atomic mass is 9.73. The number of benzene rings is 2. The average molecular weight is 462 g/mol. The molecular weight excluding hydrogens is 438 g/mol. The predicted molar refractivity (Wildman–Crippen MR) is 123 cm³/mol. The van der Waals surface area contributed by atoms with Crippen LogP contribution in [-0.2, 0) is 11.2 Å². The summed E-state index contributed by atoms with van der Waals surface area (Å²) in [6.45, 7) is 1.88. The van der Waals surface area contributed by atoms with Gasteiger partial charge in [-0.05, 0) is 30.2 Å². The summed E-state index contributed by atoms with van der Waals surface area (Å²) in [5, 5.41) is 4.91. The van der Waals surface area contributed by atoms with Crippen molar-refractivity contribution in [3.05, 3.63) is 70.2 Å². The van der Waals surface area contributed by atoms with Crippen molar-refractivity contribution in [1.29, 1.82) is 0 Å². The van der Waals surface area contributed by atoms with Gasteiger partial charge >= 0.3 is 0 Å². The maximum absolute atomic E-state index is 13.1. The summed E-state index contributed by atoms with van der Waals surface area (Å²) in [4.78, 5) is 31.9. The number of amides is 2. The number of carbonyl (C=O) groups is 2. The summed E-state index contributed by atoms with van der Waals surface area (Å²) in [5.41, 5.74) is 3.77. The van der Waals surface area contributed by atoms with Crippen molar-refractivity contribution < 1.29 is 19.1 Å². The van der Waals surface area contributed by atoms with Crippen LogP contribution in [0, 0.1) is 5.41 Å². The molecule has 2 atom stereocenters. The first-order chi connectivity index (χ1) is 16.1. The van der Waals surface area contributed by atoms with Crippen LogP contribution in [0.5, 0.6) is 17.2 Å². The first-order valence-corrected chi connectivity index (χ1v) is 12.0. The van der Waals surface area contributed by atoms with Gasteiger partial charge in [-0.15, -0.1) is 11.3 Å². The Kier molecular flexibility index (Phi) is 4.83. The van der Waals surface area contributed by atoms with Crippen molar-refractivity contribution in [2.75, 3.05) is 26.2 Å². The van der Waals surface area contributed by atoms with Gasteiger partial charge in [0.25, 0.3) is 5.91 Å². The van der Waals surface area contributed by atoms with E-state index in [-0.39, 0.29) is 17.7 Å². The standard InChI is InChI=1S/C25H23N3O4S/c29-22-8-7-16-3-1-4-17(9-16)32-21-6-2-5-18-19-10-28(24(30)20-11-33-15-27-20)13-25(19,12-26-22)14-31-23(18)21/h1-6,9,11,15,19H,7-8,10,12-14H2,(H,26,29)/t19-,25+/m1/s1. The first kappa shape index (κ1) is 20.2. The topological polar surface area (TPSA) is 80.8 Å². The van der Waals surface area contributed by atoms with Gasteiger partial charge in [-0.25, -0.2) is 4.98 Å². The average Bonchev–Trinajstić information content (AvgIpc) is 3.50. The van der Waals surface area contributed by atoms with Crippen molar-refractivity contribution in [1.82, 2.24) is 15.2 Å². The molecule has 168 valence electrons. The number of para-hydroxylation sites is 1. The Labute approximate surface area is 195 Å². The molecule has 2 aromatic carbocycles. The minimum absolute atomic E-state index is 0.00432. The van der Waals surface area contributed by atoms with Crippen LogP contribution in [-0.4, -0.2) is 47.9 Å². The second-order valence-electron chi connectivity index (χ2n) is 8.96. The molecule has 4 aliphatic heterocycles. The smallest absolute Gasteiger partial charge is 0.273 e. The van der Waals surface area contributed by atoms with Gasteiger partial charge < -0.3 is 19.7 Å². The molecule has 2 amide bonds. The summed E-state index contributed by atoms with van der Waals surface area (Å²) in [6.07, 6.45) is 1.03. The number of hydrogen-bond acceptors (Lipinski definition) is 6. The molecule has 8 heteroatoms. The van der Waals surface area contributed by atoms with Gasteiger partial charge in [0.2, 0.25) is 5.91 Å². The number of fused-ring (bicyclic) bond motifs is 5.